The maximum Gasteiger partial charge on any atom is 0.260 e. The molecule has 0 bridgehead atoms. The summed E-state index contributed by atoms with van der Waals surface area (Å²) in [7, 11) is 1.77. The number of hydrogen-bond acceptors (Lipinski definition) is 4. The summed E-state index contributed by atoms with van der Waals surface area (Å²) < 4.78 is 2.58. The Bertz CT molecular complexity index is 796. The summed E-state index contributed by atoms with van der Waals surface area (Å²) in [6.07, 6.45) is 3.19. The fraction of sp³-hybridized carbons (Fsp3) is 0.0714. The first-order chi connectivity index (χ1) is 10.1. The van der Waals surface area contributed by atoms with E-state index in [-0.39, 0.29) is 5.91 Å². The summed E-state index contributed by atoms with van der Waals surface area (Å²) in [6.45, 7) is 0. The number of hydrogen-bond donors (Lipinski definition) is 1. The highest BCUT2D eigenvalue weighted by Gasteiger charge is 2.11. The molecule has 7 heteroatoms. The molecule has 0 radical (unpaired) electrons. The standard InChI is InChI=1S/C14H11BrN4OS/c1-19-7-10(6-16-19)13(20)18-14-17-12(8-21-14)9-3-2-4-11(15)5-9/h2-8H,1H3,(H,17,18,20). The maximum absolute atomic E-state index is 12.0. The Labute approximate surface area is 133 Å². The first-order valence-corrected chi connectivity index (χ1v) is 7.80. The number of carbonyl (C=O) groups is 1. The van der Waals surface area contributed by atoms with Gasteiger partial charge in [0, 0.05) is 28.7 Å². The van der Waals surface area contributed by atoms with Gasteiger partial charge in [0.1, 0.15) is 0 Å². The molecular formula is C14H11BrN4OS. The molecule has 1 amide bonds. The minimum Gasteiger partial charge on any atom is -0.298 e. The van der Waals surface area contributed by atoms with E-state index in [1.54, 1.807) is 17.9 Å². The van der Waals surface area contributed by atoms with Gasteiger partial charge in [0.25, 0.3) is 5.91 Å². The van der Waals surface area contributed by atoms with Crippen LogP contribution < -0.4 is 5.32 Å². The smallest absolute Gasteiger partial charge is 0.260 e. The number of aryl methyl sites for hydroxylation is 1. The maximum atomic E-state index is 12.0. The van der Waals surface area contributed by atoms with Gasteiger partial charge in [-0.15, -0.1) is 11.3 Å². The van der Waals surface area contributed by atoms with Crippen LogP contribution in [0, 0.1) is 0 Å². The van der Waals surface area contributed by atoms with Crippen LogP contribution in [0.4, 0.5) is 5.13 Å². The zero-order chi connectivity index (χ0) is 14.8. The third-order valence-electron chi connectivity index (χ3n) is 2.81. The van der Waals surface area contributed by atoms with Crippen LogP contribution in [0.2, 0.25) is 0 Å². The van der Waals surface area contributed by atoms with Gasteiger partial charge in [-0.05, 0) is 12.1 Å². The zero-order valence-electron chi connectivity index (χ0n) is 11.1. The Morgan fingerprint density at radius 2 is 2.29 bits per heavy atom. The summed E-state index contributed by atoms with van der Waals surface area (Å²) in [6, 6.07) is 7.88. The van der Waals surface area contributed by atoms with Gasteiger partial charge >= 0.3 is 0 Å². The van der Waals surface area contributed by atoms with Crippen molar-refractivity contribution in [2.24, 2.45) is 7.05 Å². The Hall–Kier alpha value is -1.99. The van der Waals surface area contributed by atoms with Gasteiger partial charge in [0.2, 0.25) is 0 Å². The predicted molar refractivity (Wildman–Crippen MR) is 86.4 cm³/mol. The van der Waals surface area contributed by atoms with Crippen LogP contribution in [0.1, 0.15) is 10.4 Å². The van der Waals surface area contributed by atoms with Crippen LogP contribution in [0.3, 0.4) is 0 Å². The lowest BCUT2D eigenvalue weighted by Crippen LogP contribution is -2.10. The highest BCUT2D eigenvalue weighted by Crippen LogP contribution is 2.27. The van der Waals surface area contributed by atoms with Crippen molar-refractivity contribution in [1.29, 1.82) is 0 Å². The average molecular weight is 363 g/mol. The summed E-state index contributed by atoms with van der Waals surface area (Å²) in [5.74, 6) is -0.210. The van der Waals surface area contributed by atoms with Gasteiger partial charge in [0.15, 0.2) is 5.13 Å². The number of aromatic nitrogens is 3. The summed E-state index contributed by atoms with van der Waals surface area (Å²) >= 11 is 4.83. The summed E-state index contributed by atoms with van der Waals surface area (Å²) in [4.78, 5) is 16.5. The van der Waals surface area contributed by atoms with Gasteiger partial charge in [-0.2, -0.15) is 5.10 Å². The minimum atomic E-state index is -0.210. The van der Waals surface area contributed by atoms with Crippen molar-refractivity contribution in [3.63, 3.8) is 0 Å². The van der Waals surface area contributed by atoms with E-state index in [1.807, 2.05) is 29.6 Å². The quantitative estimate of drug-likeness (QED) is 0.774. The molecule has 21 heavy (non-hydrogen) atoms. The van der Waals surface area contributed by atoms with Crippen LogP contribution in [-0.4, -0.2) is 20.7 Å². The monoisotopic (exact) mass is 362 g/mol. The predicted octanol–water partition coefficient (Wildman–Crippen LogP) is 3.56. The van der Waals surface area contributed by atoms with E-state index in [9.17, 15) is 4.79 Å². The number of rotatable bonds is 3. The van der Waals surface area contributed by atoms with Crippen LogP contribution in [0.5, 0.6) is 0 Å². The molecule has 0 spiro atoms. The number of carbonyl (C=O) groups excluding carboxylic acids is 1. The van der Waals surface area contributed by atoms with Gasteiger partial charge in [-0.3, -0.25) is 14.8 Å². The van der Waals surface area contributed by atoms with E-state index in [0.29, 0.717) is 10.7 Å². The molecule has 1 N–H and O–H groups in total. The third kappa shape index (κ3) is 3.20. The number of amides is 1. The van der Waals surface area contributed by atoms with Crippen LogP contribution in [-0.2, 0) is 7.05 Å². The number of anilines is 1. The van der Waals surface area contributed by atoms with E-state index in [0.717, 1.165) is 15.7 Å². The van der Waals surface area contributed by atoms with E-state index >= 15 is 0 Å². The lowest BCUT2D eigenvalue weighted by Gasteiger charge is -1.99. The third-order valence-corrected chi connectivity index (χ3v) is 4.06. The summed E-state index contributed by atoms with van der Waals surface area (Å²) in [5.41, 5.74) is 2.35. The second-order valence-corrected chi connectivity index (χ2v) is 6.18. The van der Waals surface area contributed by atoms with E-state index in [2.05, 4.69) is 31.3 Å². The number of nitrogens with one attached hydrogen (secondary N) is 1. The molecule has 2 aromatic heterocycles. The van der Waals surface area contributed by atoms with Crippen LogP contribution in [0.15, 0.2) is 46.5 Å². The zero-order valence-corrected chi connectivity index (χ0v) is 13.5. The lowest BCUT2D eigenvalue weighted by molar-refractivity contribution is 0.102. The molecule has 1 aromatic carbocycles. The van der Waals surface area contributed by atoms with Crippen molar-refractivity contribution in [3.05, 3.63) is 52.1 Å². The lowest BCUT2D eigenvalue weighted by atomic mass is 10.2. The largest absolute Gasteiger partial charge is 0.298 e. The fourth-order valence-corrected chi connectivity index (χ4v) is 2.93. The minimum absolute atomic E-state index is 0.210. The van der Waals surface area contributed by atoms with Gasteiger partial charge < -0.3 is 0 Å². The number of halogens is 1. The second kappa shape index (κ2) is 5.79. The number of nitrogens with zero attached hydrogens (tertiary/aromatic N) is 3. The van der Waals surface area contributed by atoms with E-state index in [1.165, 1.54) is 17.5 Å². The van der Waals surface area contributed by atoms with E-state index in [4.69, 9.17) is 0 Å². The molecule has 5 nitrogen and oxygen atoms in total. The fourth-order valence-electron chi connectivity index (χ4n) is 1.82. The van der Waals surface area contributed by atoms with Crippen LogP contribution >= 0.6 is 27.3 Å². The molecule has 0 aliphatic heterocycles. The van der Waals surface area contributed by atoms with Crippen molar-refractivity contribution in [3.8, 4) is 11.3 Å². The highest BCUT2D eigenvalue weighted by molar-refractivity contribution is 9.10. The van der Waals surface area contributed by atoms with Gasteiger partial charge in [-0.25, -0.2) is 4.98 Å². The average Bonchev–Trinajstić information content (AvgIpc) is 3.08. The molecule has 3 rings (SSSR count). The Kier molecular flexibility index (Phi) is 3.85. The molecule has 0 aliphatic carbocycles. The van der Waals surface area contributed by atoms with Crippen molar-refractivity contribution in [2.45, 2.75) is 0 Å². The molecular weight excluding hydrogens is 352 g/mol. The molecule has 0 saturated heterocycles. The topological polar surface area (TPSA) is 59.8 Å². The van der Waals surface area contributed by atoms with E-state index < -0.39 is 0 Å². The molecule has 0 atom stereocenters. The Balaban J connectivity index is 1.78. The molecule has 0 unspecified atom stereocenters. The molecule has 0 saturated carbocycles. The molecule has 0 aliphatic rings. The second-order valence-electron chi connectivity index (χ2n) is 4.41. The molecule has 106 valence electrons. The normalized spacial score (nSPS) is 10.6. The highest BCUT2D eigenvalue weighted by atomic mass is 79.9. The first kappa shape index (κ1) is 14.0. The molecule has 3 aromatic rings. The van der Waals surface area contributed by atoms with Gasteiger partial charge in [-0.1, -0.05) is 28.1 Å². The number of benzene rings is 1. The van der Waals surface area contributed by atoms with Crippen LogP contribution in [0.25, 0.3) is 11.3 Å². The first-order valence-electron chi connectivity index (χ1n) is 6.13. The SMILES string of the molecule is Cn1cc(C(=O)Nc2nc(-c3cccc(Br)c3)cs2)cn1. The van der Waals surface area contributed by atoms with Crippen molar-refractivity contribution < 1.29 is 4.79 Å². The summed E-state index contributed by atoms with van der Waals surface area (Å²) in [5, 5.41) is 9.24. The van der Waals surface area contributed by atoms with Crippen molar-refractivity contribution in [2.75, 3.05) is 5.32 Å². The Morgan fingerprint density at radius 3 is 3.00 bits per heavy atom. The Morgan fingerprint density at radius 1 is 1.43 bits per heavy atom. The van der Waals surface area contributed by atoms with Gasteiger partial charge in [0.05, 0.1) is 17.5 Å². The van der Waals surface area contributed by atoms with Crippen molar-refractivity contribution >= 4 is 38.3 Å². The number of thiazole rings is 1. The van der Waals surface area contributed by atoms with Crippen molar-refractivity contribution in [1.82, 2.24) is 14.8 Å². The molecule has 0 fully saturated rings. The molecule has 2 heterocycles.